The van der Waals surface area contributed by atoms with Gasteiger partial charge in [-0.2, -0.15) is 0 Å². The highest BCUT2D eigenvalue weighted by atomic mass is 31.1. The fraction of sp³-hybridized carbons (Fsp3) is 0.333. The summed E-state index contributed by atoms with van der Waals surface area (Å²) >= 11 is 0. The summed E-state index contributed by atoms with van der Waals surface area (Å²) in [6, 6.07) is 9.56. The van der Waals surface area contributed by atoms with E-state index < -0.39 is 0 Å². The second kappa shape index (κ2) is 5.13. The molecule has 2 nitrogen and oxygen atoms in total. The monoisotopic (exact) mass is 184 g/mol. The Balaban J connectivity index is 2.51. The van der Waals surface area contributed by atoms with Crippen LogP contribution in [0, 0.1) is 0 Å². The van der Waals surface area contributed by atoms with Gasteiger partial charge in [0, 0.05) is 0 Å². The molecule has 0 saturated heterocycles. The predicted molar refractivity (Wildman–Crippen MR) is 51.7 cm³/mol. The summed E-state index contributed by atoms with van der Waals surface area (Å²) in [5.74, 6) is 0.776. The molecule has 0 fully saturated rings. The van der Waals surface area contributed by atoms with Crippen LogP contribution in [0.15, 0.2) is 30.3 Å². The second-order valence-electron chi connectivity index (χ2n) is 2.46. The summed E-state index contributed by atoms with van der Waals surface area (Å²) in [6.07, 6.45) is 0.837. The fourth-order valence-electron chi connectivity index (χ4n) is 0.864. The first-order valence-corrected chi connectivity index (χ1v) is 5.00. The van der Waals surface area contributed by atoms with Crippen molar-refractivity contribution in [2.45, 2.75) is 19.2 Å². The number of ether oxygens (including phenoxy) is 1. The van der Waals surface area contributed by atoms with Crippen molar-refractivity contribution in [3.63, 3.8) is 0 Å². The van der Waals surface area contributed by atoms with Gasteiger partial charge < -0.3 is 9.63 Å². The standard InChI is InChI=1S/C9H13O2P/c1-2-9(12-10)11-8-6-4-3-5-7-8/h3-7,9-10,12H,2H2,1H3. The topological polar surface area (TPSA) is 29.5 Å². The summed E-state index contributed by atoms with van der Waals surface area (Å²) in [5, 5.41) is 0. The molecule has 0 aliphatic heterocycles. The van der Waals surface area contributed by atoms with Crippen LogP contribution in [0.4, 0.5) is 0 Å². The van der Waals surface area contributed by atoms with Crippen molar-refractivity contribution in [1.82, 2.24) is 0 Å². The van der Waals surface area contributed by atoms with Crippen molar-refractivity contribution < 1.29 is 9.63 Å². The molecule has 1 rings (SSSR count). The lowest BCUT2D eigenvalue weighted by Gasteiger charge is -2.13. The molecule has 0 aliphatic carbocycles. The van der Waals surface area contributed by atoms with Crippen LogP contribution in [0.3, 0.4) is 0 Å². The van der Waals surface area contributed by atoms with Gasteiger partial charge in [0.2, 0.25) is 0 Å². The minimum absolute atomic E-state index is 0.0487. The van der Waals surface area contributed by atoms with E-state index in [0.717, 1.165) is 12.2 Å². The van der Waals surface area contributed by atoms with E-state index in [1.165, 1.54) is 0 Å². The van der Waals surface area contributed by atoms with Gasteiger partial charge in [-0.1, -0.05) is 25.1 Å². The van der Waals surface area contributed by atoms with Gasteiger partial charge in [0.15, 0.2) is 0 Å². The highest BCUT2D eigenvalue weighted by Gasteiger charge is 2.04. The third kappa shape index (κ3) is 2.80. The van der Waals surface area contributed by atoms with Gasteiger partial charge in [0.25, 0.3) is 0 Å². The van der Waals surface area contributed by atoms with Crippen molar-refractivity contribution in [2.24, 2.45) is 0 Å². The summed E-state index contributed by atoms with van der Waals surface area (Å²) < 4.78 is 5.48. The average Bonchev–Trinajstić information content (AvgIpc) is 2.16. The molecule has 0 spiro atoms. The number of para-hydroxylation sites is 1. The van der Waals surface area contributed by atoms with Crippen molar-refractivity contribution in [3.8, 4) is 5.75 Å². The van der Waals surface area contributed by atoms with E-state index in [1.54, 1.807) is 0 Å². The molecule has 1 aromatic rings. The number of rotatable bonds is 4. The van der Waals surface area contributed by atoms with E-state index in [4.69, 9.17) is 9.63 Å². The Morgan fingerprint density at radius 2 is 2.08 bits per heavy atom. The van der Waals surface area contributed by atoms with Crippen molar-refractivity contribution in [3.05, 3.63) is 30.3 Å². The Bertz CT molecular complexity index is 209. The lowest BCUT2D eigenvalue weighted by atomic mass is 10.3. The van der Waals surface area contributed by atoms with Gasteiger partial charge in [-0.25, -0.2) is 0 Å². The van der Waals surface area contributed by atoms with Gasteiger partial charge in [0.05, 0.1) is 8.81 Å². The third-order valence-corrected chi connectivity index (χ3v) is 2.35. The normalized spacial score (nSPS) is 13.5. The summed E-state index contributed by atoms with van der Waals surface area (Å²) in [6.45, 7) is 2.00. The third-order valence-electron chi connectivity index (χ3n) is 1.54. The summed E-state index contributed by atoms with van der Waals surface area (Å²) in [4.78, 5) is 8.89. The van der Waals surface area contributed by atoms with Crippen LogP contribution in [0.2, 0.25) is 0 Å². The smallest absolute Gasteiger partial charge is 0.139 e. The SMILES string of the molecule is CCC(Oc1ccccc1)PO. The van der Waals surface area contributed by atoms with E-state index in [0.29, 0.717) is 0 Å². The van der Waals surface area contributed by atoms with E-state index in [-0.39, 0.29) is 14.7 Å². The zero-order valence-corrected chi connectivity index (χ0v) is 8.03. The molecule has 2 unspecified atom stereocenters. The molecule has 0 amide bonds. The number of benzene rings is 1. The Morgan fingerprint density at radius 1 is 1.42 bits per heavy atom. The first kappa shape index (κ1) is 9.50. The van der Waals surface area contributed by atoms with Gasteiger partial charge in [-0.05, 0) is 18.6 Å². The van der Waals surface area contributed by atoms with Crippen LogP contribution in [0.1, 0.15) is 13.3 Å². The van der Waals surface area contributed by atoms with Crippen LogP contribution in [-0.2, 0) is 0 Å². The van der Waals surface area contributed by atoms with Crippen molar-refractivity contribution in [2.75, 3.05) is 0 Å². The minimum Gasteiger partial charge on any atom is -0.484 e. The molecule has 12 heavy (non-hydrogen) atoms. The van der Waals surface area contributed by atoms with Crippen LogP contribution in [0.25, 0.3) is 0 Å². The zero-order valence-electron chi connectivity index (χ0n) is 7.03. The first-order valence-electron chi connectivity index (χ1n) is 3.98. The minimum atomic E-state index is -0.148. The lowest BCUT2D eigenvalue weighted by Crippen LogP contribution is -2.08. The van der Waals surface area contributed by atoms with Crippen LogP contribution in [0.5, 0.6) is 5.75 Å². The number of hydrogen-bond donors (Lipinski definition) is 1. The molecule has 0 radical (unpaired) electrons. The Labute approximate surface area is 74.4 Å². The first-order chi connectivity index (χ1) is 5.86. The van der Waals surface area contributed by atoms with Gasteiger partial charge in [-0.15, -0.1) is 0 Å². The van der Waals surface area contributed by atoms with E-state index in [1.807, 2.05) is 37.3 Å². The molecular formula is C9H13O2P. The average molecular weight is 184 g/mol. The summed E-state index contributed by atoms with van der Waals surface area (Å²) in [5.41, 5.74) is 0. The predicted octanol–water partition coefficient (Wildman–Crippen LogP) is 2.39. The molecule has 0 saturated carbocycles. The molecule has 1 aromatic carbocycles. The lowest BCUT2D eigenvalue weighted by molar-refractivity contribution is 0.271. The fourth-order valence-corrected chi connectivity index (χ4v) is 1.24. The van der Waals surface area contributed by atoms with Gasteiger partial charge >= 0.3 is 0 Å². The molecular weight excluding hydrogens is 171 g/mol. The maximum absolute atomic E-state index is 8.89. The van der Waals surface area contributed by atoms with E-state index >= 15 is 0 Å². The van der Waals surface area contributed by atoms with Crippen LogP contribution >= 0.6 is 8.81 Å². The molecule has 2 atom stereocenters. The molecule has 3 heteroatoms. The Kier molecular flexibility index (Phi) is 4.06. The highest BCUT2D eigenvalue weighted by Crippen LogP contribution is 2.21. The summed E-state index contributed by atoms with van der Waals surface area (Å²) in [7, 11) is -0.148. The maximum atomic E-state index is 8.89. The largest absolute Gasteiger partial charge is 0.484 e. The van der Waals surface area contributed by atoms with E-state index in [9.17, 15) is 0 Å². The zero-order chi connectivity index (χ0) is 8.81. The van der Waals surface area contributed by atoms with Crippen molar-refractivity contribution >= 4 is 8.81 Å². The van der Waals surface area contributed by atoms with Crippen molar-refractivity contribution in [1.29, 1.82) is 0 Å². The number of hydrogen-bond acceptors (Lipinski definition) is 2. The van der Waals surface area contributed by atoms with Gasteiger partial charge in [-0.3, -0.25) is 0 Å². The van der Waals surface area contributed by atoms with Crippen LogP contribution < -0.4 is 4.74 Å². The molecule has 0 bridgehead atoms. The maximum Gasteiger partial charge on any atom is 0.139 e. The molecule has 66 valence electrons. The molecule has 0 aromatic heterocycles. The van der Waals surface area contributed by atoms with Gasteiger partial charge in [0.1, 0.15) is 11.6 Å². The molecule has 1 N–H and O–H groups in total. The highest BCUT2D eigenvalue weighted by molar-refractivity contribution is 7.31. The van der Waals surface area contributed by atoms with E-state index in [2.05, 4.69) is 0 Å². The van der Waals surface area contributed by atoms with Crippen LogP contribution in [-0.4, -0.2) is 10.7 Å². The Morgan fingerprint density at radius 3 is 2.58 bits per heavy atom. The Hall–Kier alpha value is -0.590. The molecule has 0 heterocycles. The quantitative estimate of drug-likeness (QED) is 0.728. The second-order valence-corrected chi connectivity index (χ2v) is 3.36. The molecule has 0 aliphatic rings.